The molecule has 1 amide bonds. The first-order valence-electron chi connectivity index (χ1n) is 8.02. The fourth-order valence-corrected chi connectivity index (χ4v) is 2.38. The topological polar surface area (TPSA) is 150 Å². The number of aromatic nitrogens is 4. The second kappa shape index (κ2) is 8.23. The fourth-order valence-electron chi connectivity index (χ4n) is 2.38. The van der Waals surface area contributed by atoms with Crippen LogP contribution < -0.4 is 10.6 Å². The molecular formula is C15H17N7O5. The monoisotopic (exact) mass is 375 g/mol. The molecule has 142 valence electrons. The highest BCUT2D eigenvalue weighted by Gasteiger charge is 2.17. The zero-order valence-electron chi connectivity index (χ0n) is 14.4. The molecule has 0 spiro atoms. The molecule has 0 radical (unpaired) electrons. The lowest BCUT2D eigenvalue weighted by atomic mass is 10.4. The highest BCUT2D eigenvalue weighted by atomic mass is 16.6. The van der Waals surface area contributed by atoms with Gasteiger partial charge in [-0.2, -0.15) is 5.10 Å². The van der Waals surface area contributed by atoms with Crippen molar-refractivity contribution in [3.63, 3.8) is 0 Å². The summed E-state index contributed by atoms with van der Waals surface area (Å²) in [5, 5.41) is 21.4. The van der Waals surface area contributed by atoms with Crippen molar-refractivity contribution >= 4 is 28.6 Å². The van der Waals surface area contributed by atoms with E-state index in [1.54, 1.807) is 18.0 Å². The van der Waals surface area contributed by atoms with Crippen molar-refractivity contribution in [2.75, 3.05) is 32.1 Å². The maximum atomic E-state index is 12.0. The second-order valence-corrected chi connectivity index (χ2v) is 5.40. The lowest BCUT2D eigenvalue weighted by molar-refractivity contribution is -0.402. The Labute approximate surface area is 152 Å². The van der Waals surface area contributed by atoms with E-state index in [1.165, 1.54) is 12.4 Å². The Bertz CT molecular complexity index is 951. The highest BCUT2D eigenvalue weighted by molar-refractivity contribution is 5.91. The van der Waals surface area contributed by atoms with Crippen molar-refractivity contribution < 1.29 is 18.9 Å². The molecular weight excluding hydrogens is 358 g/mol. The number of ether oxygens (including phenoxy) is 1. The van der Waals surface area contributed by atoms with E-state index in [2.05, 4.69) is 25.7 Å². The van der Waals surface area contributed by atoms with Gasteiger partial charge in [-0.3, -0.25) is 14.9 Å². The van der Waals surface area contributed by atoms with Crippen molar-refractivity contribution in [2.24, 2.45) is 0 Å². The number of carbonyl (C=O) groups excluding carboxylic acids is 1. The number of hydrogen-bond donors (Lipinski definition) is 2. The number of hydrogen-bond acceptors (Lipinski definition) is 9. The summed E-state index contributed by atoms with van der Waals surface area (Å²) in [5.74, 6) is -0.506. The van der Waals surface area contributed by atoms with E-state index in [9.17, 15) is 14.9 Å². The molecule has 3 heterocycles. The minimum absolute atomic E-state index is 0.126. The number of fused-ring (bicyclic) bond motifs is 1. The molecule has 0 unspecified atom stereocenters. The van der Waals surface area contributed by atoms with E-state index in [0.29, 0.717) is 31.2 Å². The molecule has 0 aliphatic carbocycles. The summed E-state index contributed by atoms with van der Waals surface area (Å²) >= 11 is 0. The third-order valence-electron chi connectivity index (χ3n) is 3.64. The number of rotatable bonds is 9. The van der Waals surface area contributed by atoms with Crippen molar-refractivity contribution in [1.29, 1.82) is 0 Å². The van der Waals surface area contributed by atoms with E-state index >= 15 is 0 Å². The normalized spacial score (nSPS) is 10.9. The molecule has 0 aliphatic rings. The number of nitrogens with zero attached hydrogens (tertiary/aromatic N) is 5. The predicted octanol–water partition coefficient (Wildman–Crippen LogP) is 0.816. The van der Waals surface area contributed by atoms with Gasteiger partial charge in [-0.1, -0.05) is 0 Å². The Morgan fingerprint density at radius 3 is 2.96 bits per heavy atom. The first-order chi connectivity index (χ1) is 13.1. The van der Waals surface area contributed by atoms with Crippen LogP contribution in [0.4, 0.5) is 11.7 Å². The van der Waals surface area contributed by atoms with E-state index < -0.39 is 16.7 Å². The first kappa shape index (κ1) is 18.3. The average Bonchev–Trinajstić information content (AvgIpc) is 3.30. The second-order valence-electron chi connectivity index (χ2n) is 5.40. The van der Waals surface area contributed by atoms with E-state index in [4.69, 9.17) is 9.15 Å². The van der Waals surface area contributed by atoms with Crippen LogP contribution in [0.2, 0.25) is 0 Å². The molecule has 12 heteroatoms. The number of amides is 1. The number of furan rings is 1. The van der Waals surface area contributed by atoms with Crippen LogP contribution in [0.3, 0.4) is 0 Å². The van der Waals surface area contributed by atoms with E-state index in [0.717, 1.165) is 11.5 Å². The van der Waals surface area contributed by atoms with Gasteiger partial charge < -0.3 is 19.8 Å². The zero-order valence-corrected chi connectivity index (χ0v) is 14.4. The van der Waals surface area contributed by atoms with Crippen LogP contribution in [0, 0.1) is 10.1 Å². The molecule has 0 fully saturated rings. The van der Waals surface area contributed by atoms with Crippen molar-refractivity contribution in [1.82, 2.24) is 25.1 Å². The molecule has 0 saturated heterocycles. The molecule has 0 saturated carbocycles. The summed E-state index contributed by atoms with van der Waals surface area (Å²) in [6.45, 7) is 1.73. The van der Waals surface area contributed by atoms with Crippen LogP contribution in [0.5, 0.6) is 0 Å². The molecule has 2 N–H and O–H groups in total. The van der Waals surface area contributed by atoms with Gasteiger partial charge in [0, 0.05) is 20.2 Å². The Balaban J connectivity index is 1.60. The summed E-state index contributed by atoms with van der Waals surface area (Å²) in [5.41, 5.74) is 0.618. The van der Waals surface area contributed by atoms with Crippen molar-refractivity contribution in [2.45, 2.75) is 6.54 Å². The van der Waals surface area contributed by atoms with E-state index in [-0.39, 0.29) is 12.3 Å². The minimum atomic E-state index is -0.704. The van der Waals surface area contributed by atoms with Crippen LogP contribution in [-0.4, -0.2) is 57.4 Å². The molecule has 0 bridgehead atoms. The zero-order chi connectivity index (χ0) is 19.2. The molecule has 27 heavy (non-hydrogen) atoms. The van der Waals surface area contributed by atoms with Gasteiger partial charge in [-0.05, 0) is 6.07 Å². The highest BCUT2D eigenvalue weighted by Crippen LogP contribution is 2.18. The van der Waals surface area contributed by atoms with Crippen LogP contribution in [0.25, 0.3) is 11.0 Å². The Morgan fingerprint density at radius 2 is 2.22 bits per heavy atom. The van der Waals surface area contributed by atoms with E-state index in [1.807, 2.05) is 0 Å². The van der Waals surface area contributed by atoms with Crippen LogP contribution in [-0.2, 0) is 11.3 Å². The smallest absolute Gasteiger partial charge is 0.395 e. The largest absolute Gasteiger partial charge is 0.433 e. The summed E-state index contributed by atoms with van der Waals surface area (Å²) in [7, 11) is 1.62. The molecule has 3 rings (SSSR count). The quantitative estimate of drug-likeness (QED) is 0.314. The molecule has 0 atom stereocenters. The fraction of sp³-hybridized carbons (Fsp3) is 0.333. The third-order valence-corrected chi connectivity index (χ3v) is 3.64. The lowest BCUT2D eigenvalue weighted by Gasteiger charge is -2.07. The number of carbonyl (C=O) groups is 1. The molecule has 3 aromatic rings. The number of nitrogens with one attached hydrogen (secondary N) is 2. The van der Waals surface area contributed by atoms with Gasteiger partial charge in [0.2, 0.25) is 0 Å². The minimum Gasteiger partial charge on any atom is -0.395 e. The van der Waals surface area contributed by atoms with Gasteiger partial charge in [0.1, 0.15) is 17.1 Å². The van der Waals surface area contributed by atoms with Crippen molar-refractivity contribution in [3.05, 3.63) is 40.5 Å². The summed E-state index contributed by atoms with van der Waals surface area (Å²) in [6.07, 6.45) is 3.07. The Morgan fingerprint density at radius 1 is 1.37 bits per heavy atom. The van der Waals surface area contributed by atoms with Crippen molar-refractivity contribution in [3.8, 4) is 0 Å². The lowest BCUT2D eigenvalue weighted by Crippen LogP contribution is -2.27. The summed E-state index contributed by atoms with van der Waals surface area (Å²) < 4.78 is 11.5. The van der Waals surface area contributed by atoms with Gasteiger partial charge in [-0.25, -0.2) is 14.6 Å². The van der Waals surface area contributed by atoms with Gasteiger partial charge in [0.15, 0.2) is 11.4 Å². The predicted molar refractivity (Wildman–Crippen MR) is 93.4 cm³/mol. The number of nitro groups is 1. The summed E-state index contributed by atoms with van der Waals surface area (Å²) in [6, 6.07) is 2.38. The third kappa shape index (κ3) is 4.17. The average molecular weight is 375 g/mol. The van der Waals surface area contributed by atoms with Gasteiger partial charge >= 0.3 is 5.88 Å². The van der Waals surface area contributed by atoms with Crippen LogP contribution in [0.15, 0.2) is 29.1 Å². The number of methoxy groups -OCH3 is 1. The molecule has 12 nitrogen and oxygen atoms in total. The standard InChI is InChI=1S/C15H17N7O5/c1-26-7-5-16-13-10-8-20-21(14(10)19-9-18-13)6-4-17-15(23)11-2-3-12(27-11)22(24)25/h2-3,8-9H,4-7H2,1H3,(H,17,23)(H,16,18,19). The molecule has 0 aromatic carbocycles. The Kier molecular flexibility index (Phi) is 5.56. The SMILES string of the molecule is COCCNc1ncnc2c1cnn2CCNC(=O)c1ccc([N+](=O)[O-])o1. The van der Waals surface area contributed by atoms with Crippen LogP contribution in [0.1, 0.15) is 10.6 Å². The maximum absolute atomic E-state index is 12.0. The number of anilines is 1. The summed E-state index contributed by atoms with van der Waals surface area (Å²) in [4.78, 5) is 30.3. The molecule has 0 aliphatic heterocycles. The van der Waals surface area contributed by atoms with Crippen LogP contribution >= 0.6 is 0 Å². The van der Waals surface area contributed by atoms with Gasteiger partial charge in [-0.15, -0.1) is 0 Å². The van der Waals surface area contributed by atoms with Gasteiger partial charge in [0.25, 0.3) is 5.91 Å². The maximum Gasteiger partial charge on any atom is 0.433 e. The molecule has 3 aromatic heterocycles. The first-order valence-corrected chi connectivity index (χ1v) is 8.02. The van der Waals surface area contributed by atoms with Gasteiger partial charge in [0.05, 0.1) is 30.8 Å². The Hall–Kier alpha value is -3.54.